The van der Waals surface area contributed by atoms with Crippen LogP contribution in [0.25, 0.3) is 0 Å². The summed E-state index contributed by atoms with van der Waals surface area (Å²) in [6, 6.07) is 3.42. The van der Waals surface area contributed by atoms with Gasteiger partial charge in [0.05, 0.1) is 5.56 Å². The molecule has 2 fully saturated rings. The Morgan fingerprint density at radius 2 is 1.48 bits per heavy atom. The lowest BCUT2D eigenvalue weighted by molar-refractivity contribution is 0.0632. The fourth-order valence-electron chi connectivity index (χ4n) is 3.07. The predicted molar refractivity (Wildman–Crippen MR) is 87.5 cm³/mol. The molecule has 0 unspecified atom stereocenters. The molecule has 7 heteroatoms. The normalized spacial score (nSPS) is 18.9. The van der Waals surface area contributed by atoms with Crippen LogP contribution in [0.15, 0.2) is 18.3 Å². The molecule has 2 aliphatic rings. The molecule has 3 amide bonds. The molecule has 2 aliphatic heterocycles. The average molecular weight is 337 g/mol. The summed E-state index contributed by atoms with van der Waals surface area (Å²) < 4.78 is 0. The molecule has 0 saturated carbocycles. The lowest BCUT2D eigenvalue weighted by atomic mass is 10.1. The van der Waals surface area contributed by atoms with Gasteiger partial charge in [0, 0.05) is 45.5 Å². The molecule has 3 heterocycles. The highest BCUT2D eigenvalue weighted by Crippen LogP contribution is 2.14. The van der Waals surface area contributed by atoms with Crippen LogP contribution in [0.4, 0.5) is 4.79 Å². The number of carbonyl (C=O) groups excluding carboxylic acids is 2. The number of rotatable bonds is 1. The van der Waals surface area contributed by atoms with E-state index in [4.69, 9.17) is 11.6 Å². The summed E-state index contributed by atoms with van der Waals surface area (Å²) in [7, 11) is 0. The second kappa shape index (κ2) is 7.17. The molecule has 0 bridgehead atoms. The quantitative estimate of drug-likeness (QED) is 0.738. The third-order valence-corrected chi connectivity index (χ3v) is 4.66. The minimum absolute atomic E-state index is 0.0563. The molecule has 0 aliphatic carbocycles. The van der Waals surface area contributed by atoms with Gasteiger partial charge in [-0.05, 0) is 31.4 Å². The van der Waals surface area contributed by atoms with Crippen LogP contribution in [0.5, 0.6) is 0 Å². The van der Waals surface area contributed by atoms with Crippen LogP contribution in [-0.4, -0.2) is 70.9 Å². The van der Waals surface area contributed by atoms with E-state index in [1.54, 1.807) is 17.0 Å². The smallest absolute Gasteiger partial charge is 0.320 e. The number of halogens is 1. The largest absolute Gasteiger partial charge is 0.335 e. The number of carbonyl (C=O) groups is 2. The summed E-state index contributed by atoms with van der Waals surface area (Å²) in [4.78, 5) is 34.4. The maximum absolute atomic E-state index is 12.5. The number of nitrogens with zero attached hydrogens (tertiary/aromatic N) is 4. The van der Waals surface area contributed by atoms with Crippen LogP contribution in [0.1, 0.15) is 29.6 Å². The van der Waals surface area contributed by atoms with Gasteiger partial charge in [0.1, 0.15) is 5.15 Å². The maximum atomic E-state index is 12.5. The number of likely N-dealkylation sites (tertiary alicyclic amines) is 1. The zero-order valence-corrected chi connectivity index (χ0v) is 13.8. The number of aromatic nitrogens is 1. The first kappa shape index (κ1) is 16.1. The van der Waals surface area contributed by atoms with E-state index in [1.165, 1.54) is 12.6 Å². The lowest BCUT2D eigenvalue weighted by Crippen LogP contribution is -2.54. The highest BCUT2D eigenvalue weighted by molar-refractivity contribution is 6.29. The number of urea groups is 1. The Morgan fingerprint density at radius 3 is 2.09 bits per heavy atom. The second-order valence-electron chi connectivity index (χ2n) is 5.98. The van der Waals surface area contributed by atoms with Gasteiger partial charge in [-0.1, -0.05) is 11.6 Å². The van der Waals surface area contributed by atoms with E-state index in [9.17, 15) is 9.59 Å². The summed E-state index contributed by atoms with van der Waals surface area (Å²) in [5.74, 6) is -0.0563. The Morgan fingerprint density at radius 1 is 0.870 bits per heavy atom. The molecule has 0 spiro atoms. The van der Waals surface area contributed by atoms with Crippen molar-refractivity contribution < 1.29 is 9.59 Å². The Kier molecular flexibility index (Phi) is 5.00. The summed E-state index contributed by atoms with van der Waals surface area (Å²) in [6.45, 7) is 4.00. The standard InChI is InChI=1S/C16H21ClN4O2/c17-14-5-4-13(12-18-14)15(22)19-8-10-21(11-9-19)16(23)20-6-2-1-3-7-20/h4-5,12H,1-3,6-11H2. The van der Waals surface area contributed by atoms with Crippen molar-refractivity contribution in [1.29, 1.82) is 0 Å². The number of hydrogen-bond acceptors (Lipinski definition) is 3. The van der Waals surface area contributed by atoms with Crippen LogP contribution in [0, 0.1) is 0 Å². The van der Waals surface area contributed by atoms with Crippen molar-refractivity contribution in [3.63, 3.8) is 0 Å². The van der Waals surface area contributed by atoms with Crippen molar-refractivity contribution in [2.45, 2.75) is 19.3 Å². The fourth-order valence-corrected chi connectivity index (χ4v) is 3.18. The van der Waals surface area contributed by atoms with Crippen LogP contribution in [0.3, 0.4) is 0 Å². The van der Waals surface area contributed by atoms with Crippen LogP contribution in [0.2, 0.25) is 5.15 Å². The maximum Gasteiger partial charge on any atom is 0.320 e. The van der Waals surface area contributed by atoms with Gasteiger partial charge >= 0.3 is 6.03 Å². The van der Waals surface area contributed by atoms with E-state index in [0.29, 0.717) is 36.9 Å². The van der Waals surface area contributed by atoms with Gasteiger partial charge in [-0.15, -0.1) is 0 Å². The van der Waals surface area contributed by atoms with E-state index < -0.39 is 0 Å². The molecule has 23 heavy (non-hydrogen) atoms. The number of piperazine rings is 1. The first-order valence-electron chi connectivity index (χ1n) is 8.10. The molecule has 124 valence electrons. The topological polar surface area (TPSA) is 56.8 Å². The Balaban J connectivity index is 1.54. The van der Waals surface area contributed by atoms with Crippen LogP contribution >= 0.6 is 11.6 Å². The predicted octanol–water partition coefficient (Wildman–Crippen LogP) is 2.10. The van der Waals surface area contributed by atoms with Crippen molar-refractivity contribution in [2.24, 2.45) is 0 Å². The number of amides is 3. The van der Waals surface area contributed by atoms with Gasteiger partial charge < -0.3 is 14.7 Å². The Labute approximate surface area is 141 Å². The van der Waals surface area contributed by atoms with Crippen molar-refractivity contribution in [2.75, 3.05) is 39.3 Å². The minimum atomic E-state index is -0.0563. The zero-order chi connectivity index (χ0) is 16.2. The molecule has 0 atom stereocenters. The third-order valence-electron chi connectivity index (χ3n) is 4.44. The number of pyridine rings is 1. The van der Waals surface area contributed by atoms with Gasteiger partial charge in [-0.3, -0.25) is 4.79 Å². The first-order valence-corrected chi connectivity index (χ1v) is 8.47. The van der Waals surface area contributed by atoms with Gasteiger partial charge in [-0.25, -0.2) is 9.78 Å². The van der Waals surface area contributed by atoms with Crippen molar-refractivity contribution in [1.82, 2.24) is 19.7 Å². The SMILES string of the molecule is O=C(c1ccc(Cl)nc1)N1CCN(C(=O)N2CCCCC2)CC1. The molecular formula is C16H21ClN4O2. The summed E-state index contributed by atoms with van der Waals surface area (Å²) in [5, 5.41) is 0.374. The summed E-state index contributed by atoms with van der Waals surface area (Å²) in [5.41, 5.74) is 0.533. The van der Waals surface area contributed by atoms with Crippen LogP contribution < -0.4 is 0 Å². The van der Waals surface area contributed by atoms with E-state index in [1.807, 2.05) is 9.80 Å². The van der Waals surface area contributed by atoms with Crippen LogP contribution in [-0.2, 0) is 0 Å². The molecule has 0 aromatic carbocycles. The van der Waals surface area contributed by atoms with Gasteiger partial charge in [0.2, 0.25) is 0 Å². The molecular weight excluding hydrogens is 316 g/mol. The molecule has 1 aromatic heterocycles. The highest BCUT2D eigenvalue weighted by atomic mass is 35.5. The molecule has 0 radical (unpaired) electrons. The number of hydrogen-bond donors (Lipinski definition) is 0. The van der Waals surface area contributed by atoms with Gasteiger partial charge in [0.25, 0.3) is 5.91 Å². The van der Waals surface area contributed by atoms with Crippen molar-refractivity contribution in [3.05, 3.63) is 29.0 Å². The van der Waals surface area contributed by atoms with E-state index >= 15 is 0 Å². The van der Waals surface area contributed by atoms with E-state index in [0.717, 1.165) is 25.9 Å². The molecule has 2 saturated heterocycles. The third kappa shape index (κ3) is 3.75. The van der Waals surface area contributed by atoms with Gasteiger partial charge in [0.15, 0.2) is 0 Å². The van der Waals surface area contributed by atoms with E-state index in [2.05, 4.69) is 4.98 Å². The Bertz CT molecular complexity index is 564. The molecule has 3 rings (SSSR count). The summed E-state index contributed by atoms with van der Waals surface area (Å²) in [6.07, 6.45) is 4.89. The molecule has 1 aromatic rings. The van der Waals surface area contributed by atoms with Gasteiger partial charge in [-0.2, -0.15) is 0 Å². The molecule has 6 nitrogen and oxygen atoms in total. The average Bonchev–Trinajstić information content (AvgIpc) is 2.62. The summed E-state index contributed by atoms with van der Waals surface area (Å²) >= 11 is 5.75. The Hall–Kier alpha value is -1.82. The fraction of sp³-hybridized carbons (Fsp3) is 0.562. The monoisotopic (exact) mass is 336 g/mol. The minimum Gasteiger partial charge on any atom is -0.335 e. The van der Waals surface area contributed by atoms with E-state index in [-0.39, 0.29) is 11.9 Å². The lowest BCUT2D eigenvalue weighted by Gasteiger charge is -2.38. The first-order chi connectivity index (χ1) is 11.1. The molecule has 0 N–H and O–H groups in total. The van der Waals surface area contributed by atoms with Crippen molar-refractivity contribution >= 4 is 23.5 Å². The highest BCUT2D eigenvalue weighted by Gasteiger charge is 2.28. The number of piperidine rings is 1. The second-order valence-corrected chi connectivity index (χ2v) is 6.37. The van der Waals surface area contributed by atoms with Crippen molar-refractivity contribution in [3.8, 4) is 0 Å². The zero-order valence-electron chi connectivity index (χ0n) is 13.1.